The van der Waals surface area contributed by atoms with E-state index in [4.69, 9.17) is 0 Å². The highest BCUT2D eigenvalue weighted by molar-refractivity contribution is 5.73. The van der Waals surface area contributed by atoms with Crippen LogP contribution in [0.3, 0.4) is 0 Å². The number of nitrogens with one attached hydrogen (secondary N) is 1. The third kappa shape index (κ3) is 4.35. The predicted octanol–water partition coefficient (Wildman–Crippen LogP) is 2.30. The van der Waals surface area contributed by atoms with Gasteiger partial charge in [0.05, 0.1) is 24.5 Å². The zero-order valence-electron chi connectivity index (χ0n) is 15.2. The molecule has 0 saturated heterocycles. The summed E-state index contributed by atoms with van der Waals surface area (Å²) in [5.74, 6) is 1.83. The van der Waals surface area contributed by atoms with E-state index in [2.05, 4.69) is 33.4 Å². The van der Waals surface area contributed by atoms with Crippen molar-refractivity contribution >= 4 is 11.7 Å². The zero-order chi connectivity index (χ0) is 17.8. The number of aryl methyl sites for hydroxylation is 3. The van der Waals surface area contributed by atoms with E-state index in [1.54, 1.807) is 6.92 Å². The number of rotatable bonds is 5. The van der Waals surface area contributed by atoms with E-state index in [0.29, 0.717) is 13.1 Å². The van der Waals surface area contributed by atoms with Crippen molar-refractivity contribution in [3.8, 4) is 0 Å². The highest BCUT2D eigenvalue weighted by Crippen LogP contribution is 2.15. The van der Waals surface area contributed by atoms with Crippen molar-refractivity contribution in [1.82, 2.24) is 24.6 Å². The van der Waals surface area contributed by atoms with Crippen LogP contribution in [0.2, 0.25) is 0 Å². The van der Waals surface area contributed by atoms with E-state index in [1.807, 2.05) is 22.6 Å². The zero-order valence-corrected chi connectivity index (χ0v) is 15.2. The average molecular weight is 342 g/mol. The fourth-order valence-electron chi connectivity index (χ4n) is 3.11. The van der Waals surface area contributed by atoms with Crippen LogP contribution >= 0.6 is 0 Å². The van der Waals surface area contributed by atoms with Crippen LogP contribution in [0.1, 0.15) is 49.6 Å². The summed E-state index contributed by atoms with van der Waals surface area (Å²) in [6.07, 6.45) is 2.85. The van der Waals surface area contributed by atoms with Crippen molar-refractivity contribution in [1.29, 1.82) is 0 Å². The second-order valence-corrected chi connectivity index (χ2v) is 6.56. The van der Waals surface area contributed by atoms with Gasteiger partial charge in [0.15, 0.2) is 0 Å². The molecule has 7 nitrogen and oxygen atoms in total. The first-order valence-corrected chi connectivity index (χ1v) is 8.94. The number of anilines is 1. The number of nitrogens with zero attached hydrogens (tertiary/aromatic N) is 5. The van der Waals surface area contributed by atoms with Crippen LogP contribution in [0, 0.1) is 6.92 Å². The Hall–Kier alpha value is -2.44. The quantitative estimate of drug-likeness (QED) is 0.902. The van der Waals surface area contributed by atoms with Gasteiger partial charge in [0.25, 0.3) is 0 Å². The SMILES string of the molecule is CCCc1nc(C)cc(NCc2cc3n(n2)CCCN(C(C)=O)C3)n1. The normalized spacial score (nSPS) is 14.1. The number of carbonyl (C=O) groups excluding carboxylic acids is 1. The van der Waals surface area contributed by atoms with Gasteiger partial charge < -0.3 is 10.2 Å². The lowest BCUT2D eigenvalue weighted by Gasteiger charge is -2.17. The summed E-state index contributed by atoms with van der Waals surface area (Å²) in [5.41, 5.74) is 3.03. The number of amides is 1. The highest BCUT2D eigenvalue weighted by Gasteiger charge is 2.18. The Bertz CT molecular complexity index is 754. The molecule has 0 unspecified atom stereocenters. The molecule has 1 aliphatic heterocycles. The first-order chi connectivity index (χ1) is 12.0. The van der Waals surface area contributed by atoms with E-state index in [-0.39, 0.29) is 5.91 Å². The van der Waals surface area contributed by atoms with E-state index in [0.717, 1.165) is 61.1 Å². The lowest BCUT2D eigenvalue weighted by molar-refractivity contribution is -0.129. The number of hydrogen-bond acceptors (Lipinski definition) is 5. The van der Waals surface area contributed by atoms with E-state index >= 15 is 0 Å². The molecule has 3 rings (SSSR count). The van der Waals surface area contributed by atoms with Gasteiger partial charge in [-0.15, -0.1) is 0 Å². The molecular weight excluding hydrogens is 316 g/mol. The van der Waals surface area contributed by atoms with Gasteiger partial charge in [-0.3, -0.25) is 9.48 Å². The van der Waals surface area contributed by atoms with Crippen molar-refractivity contribution in [3.05, 3.63) is 35.0 Å². The Morgan fingerprint density at radius 3 is 2.88 bits per heavy atom. The predicted molar refractivity (Wildman–Crippen MR) is 96.0 cm³/mol. The molecule has 1 N–H and O–H groups in total. The lowest BCUT2D eigenvalue weighted by Crippen LogP contribution is -2.28. The van der Waals surface area contributed by atoms with Crippen molar-refractivity contribution in [2.75, 3.05) is 11.9 Å². The summed E-state index contributed by atoms with van der Waals surface area (Å²) in [5, 5.41) is 8.03. The molecule has 3 heterocycles. The summed E-state index contributed by atoms with van der Waals surface area (Å²) in [4.78, 5) is 22.6. The number of aromatic nitrogens is 4. The van der Waals surface area contributed by atoms with Gasteiger partial charge in [-0.2, -0.15) is 5.10 Å². The molecule has 7 heteroatoms. The Kier molecular flexibility index (Phi) is 5.31. The maximum absolute atomic E-state index is 11.7. The lowest BCUT2D eigenvalue weighted by atomic mass is 10.3. The molecular formula is C18H26N6O. The second-order valence-electron chi connectivity index (χ2n) is 6.56. The van der Waals surface area contributed by atoms with Gasteiger partial charge in [0.2, 0.25) is 5.91 Å². The molecule has 2 aromatic rings. The van der Waals surface area contributed by atoms with Crippen LogP contribution in [0.25, 0.3) is 0 Å². The molecule has 0 atom stereocenters. The van der Waals surface area contributed by atoms with Crippen molar-refractivity contribution < 1.29 is 4.79 Å². The first kappa shape index (κ1) is 17.4. The largest absolute Gasteiger partial charge is 0.364 e. The fourth-order valence-corrected chi connectivity index (χ4v) is 3.11. The Morgan fingerprint density at radius 1 is 1.28 bits per heavy atom. The third-order valence-corrected chi connectivity index (χ3v) is 4.33. The second kappa shape index (κ2) is 7.63. The van der Waals surface area contributed by atoms with Crippen molar-refractivity contribution in [2.24, 2.45) is 0 Å². The Balaban J connectivity index is 1.69. The molecule has 1 aliphatic rings. The molecule has 0 aromatic carbocycles. The highest BCUT2D eigenvalue weighted by atomic mass is 16.2. The molecule has 2 aromatic heterocycles. The van der Waals surface area contributed by atoms with Crippen LogP contribution in [0.15, 0.2) is 12.1 Å². The topological polar surface area (TPSA) is 75.9 Å². The minimum Gasteiger partial charge on any atom is -0.364 e. The van der Waals surface area contributed by atoms with E-state index < -0.39 is 0 Å². The third-order valence-electron chi connectivity index (χ3n) is 4.33. The minimum absolute atomic E-state index is 0.120. The number of carbonyl (C=O) groups is 1. The maximum atomic E-state index is 11.7. The summed E-state index contributed by atoms with van der Waals surface area (Å²) >= 11 is 0. The summed E-state index contributed by atoms with van der Waals surface area (Å²) in [6.45, 7) is 8.64. The molecule has 0 aliphatic carbocycles. The molecule has 134 valence electrons. The number of fused-ring (bicyclic) bond motifs is 1. The standard InChI is InChI=1S/C18H26N6O/c1-4-6-17-20-13(2)9-18(21-17)19-11-15-10-16-12-23(14(3)25)7-5-8-24(16)22-15/h9-10H,4-8,11-12H2,1-3H3,(H,19,20,21). The Morgan fingerprint density at radius 2 is 2.12 bits per heavy atom. The molecule has 25 heavy (non-hydrogen) atoms. The van der Waals surface area contributed by atoms with Gasteiger partial charge in [0.1, 0.15) is 11.6 Å². The van der Waals surface area contributed by atoms with Crippen LogP contribution in [0.4, 0.5) is 5.82 Å². The molecule has 0 bridgehead atoms. The summed E-state index contributed by atoms with van der Waals surface area (Å²) in [7, 11) is 0. The summed E-state index contributed by atoms with van der Waals surface area (Å²) < 4.78 is 2.02. The van der Waals surface area contributed by atoms with Crippen molar-refractivity contribution in [3.63, 3.8) is 0 Å². The molecule has 1 amide bonds. The minimum atomic E-state index is 0.120. The van der Waals surface area contributed by atoms with Gasteiger partial charge in [-0.05, 0) is 25.8 Å². The number of hydrogen-bond donors (Lipinski definition) is 1. The van der Waals surface area contributed by atoms with Crippen LogP contribution in [0.5, 0.6) is 0 Å². The van der Waals surface area contributed by atoms with Crippen LogP contribution in [-0.4, -0.2) is 37.1 Å². The maximum Gasteiger partial charge on any atom is 0.219 e. The van der Waals surface area contributed by atoms with E-state index in [1.165, 1.54) is 0 Å². The smallest absolute Gasteiger partial charge is 0.219 e. The fraction of sp³-hybridized carbons (Fsp3) is 0.556. The average Bonchev–Trinajstić information content (AvgIpc) is 2.83. The van der Waals surface area contributed by atoms with Crippen LogP contribution in [-0.2, 0) is 30.8 Å². The Labute approximate surface area is 148 Å². The van der Waals surface area contributed by atoms with Crippen molar-refractivity contribution in [2.45, 2.75) is 59.7 Å². The van der Waals surface area contributed by atoms with E-state index in [9.17, 15) is 4.79 Å². The molecule has 0 fully saturated rings. The monoisotopic (exact) mass is 342 g/mol. The molecule has 0 spiro atoms. The van der Waals surface area contributed by atoms with Gasteiger partial charge in [0, 0.05) is 38.2 Å². The van der Waals surface area contributed by atoms with Gasteiger partial charge in [-0.1, -0.05) is 6.92 Å². The molecule has 0 saturated carbocycles. The van der Waals surface area contributed by atoms with Gasteiger partial charge >= 0.3 is 0 Å². The summed E-state index contributed by atoms with van der Waals surface area (Å²) in [6, 6.07) is 4.03. The van der Waals surface area contributed by atoms with Gasteiger partial charge in [-0.25, -0.2) is 9.97 Å². The first-order valence-electron chi connectivity index (χ1n) is 8.94. The molecule has 0 radical (unpaired) electrons. The van der Waals surface area contributed by atoms with Crippen LogP contribution < -0.4 is 5.32 Å².